The van der Waals surface area contributed by atoms with E-state index in [1.54, 1.807) is 6.07 Å². The van der Waals surface area contributed by atoms with Crippen molar-refractivity contribution in [3.8, 4) is 5.75 Å². The van der Waals surface area contributed by atoms with Crippen LogP contribution in [-0.2, 0) is 16.0 Å². The zero-order valence-electron chi connectivity index (χ0n) is 11.7. The van der Waals surface area contributed by atoms with E-state index in [0.717, 1.165) is 18.4 Å². The van der Waals surface area contributed by atoms with E-state index in [1.807, 2.05) is 13.0 Å². The average Bonchev–Trinajstić information content (AvgIpc) is 2.96. The number of carbonyl (C=O) groups excluding carboxylic acids is 1. The third-order valence-corrected chi connectivity index (χ3v) is 3.23. The highest BCUT2D eigenvalue weighted by Crippen LogP contribution is 2.18. The number of benzene rings is 1. The van der Waals surface area contributed by atoms with Gasteiger partial charge < -0.3 is 14.8 Å². The Morgan fingerprint density at radius 2 is 2.40 bits per heavy atom. The number of halogens is 1. The van der Waals surface area contributed by atoms with E-state index >= 15 is 0 Å². The first-order valence-electron chi connectivity index (χ1n) is 7.01. The van der Waals surface area contributed by atoms with Crippen LogP contribution in [0.2, 0.25) is 0 Å². The SMILES string of the molecule is CCOc1ccc(CCNC(=O)C2CCCO2)cc1F. The van der Waals surface area contributed by atoms with Gasteiger partial charge in [0.1, 0.15) is 6.10 Å². The highest BCUT2D eigenvalue weighted by molar-refractivity contribution is 5.80. The average molecular weight is 281 g/mol. The number of nitrogens with one attached hydrogen (secondary N) is 1. The Bertz CT molecular complexity index is 458. The first-order chi connectivity index (χ1) is 9.70. The first kappa shape index (κ1) is 14.8. The summed E-state index contributed by atoms with van der Waals surface area (Å²) in [6, 6.07) is 4.88. The van der Waals surface area contributed by atoms with Crippen LogP contribution in [0.5, 0.6) is 5.75 Å². The number of hydrogen-bond donors (Lipinski definition) is 1. The molecular formula is C15H20FNO3. The molecule has 0 saturated carbocycles. The molecule has 0 spiro atoms. The van der Waals surface area contributed by atoms with Crippen molar-refractivity contribution in [3.05, 3.63) is 29.6 Å². The molecule has 0 aliphatic carbocycles. The molecular weight excluding hydrogens is 261 g/mol. The summed E-state index contributed by atoms with van der Waals surface area (Å²) < 4.78 is 24.1. The van der Waals surface area contributed by atoms with Crippen molar-refractivity contribution in [2.45, 2.75) is 32.3 Å². The predicted molar refractivity (Wildman–Crippen MR) is 73.3 cm³/mol. The molecule has 2 rings (SSSR count). The van der Waals surface area contributed by atoms with Crippen molar-refractivity contribution in [1.82, 2.24) is 5.32 Å². The quantitative estimate of drug-likeness (QED) is 0.868. The molecule has 1 atom stereocenters. The summed E-state index contributed by atoms with van der Waals surface area (Å²) in [4.78, 5) is 11.7. The van der Waals surface area contributed by atoms with Gasteiger partial charge in [0.15, 0.2) is 11.6 Å². The topological polar surface area (TPSA) is 47.6 Å². The molecule has 0 radical (unpaired) electrons. The summed E-state index contributed by atoms with van der Waals surface area (Å²) in [7, 11) is 0. The lowest BCUT2D eigenvalue weighted by molar-refractivity contribution is -0.129. The van der Waals surface area contributed by atoms with Gasteiger partial charge in [0.05, 0.1) is 6.61 Å². The number of ether oxygens (including phenoxy) is 2. The second kappa shape index (κ2) is 7.24. The van der Waals surface area contributed by atoms with E-state index in [4.69, 9.17) is 9.47 Å². The number of hydrogen-bond acceptors (Lipinski definition) is 3. The highest BCUT2D eigenvalue weighted by atomic mass is 19.1. The van der Waals surface area contributed by atoms with E-state index in [2.05, 4.69) is 5.32 Å². The van der Waals surface area contributed by atoms with E-state index in [-0.39, 0.29) is 23.6 Å². The lowest BCUT2D eigenvalue weighted by Gasteiger charge is -2.11. The van der Waals surface area contributed by atoms with Gasteiger partial charge in [-0.1, -0.05) is 6.07 Å². The van der Waals surface area contributed by atoms with Gasteiger partial charge in [0, 0.05) is 13.2 Å². The maximum absolute atomic E-state index is 13.6. The zero-order chi connectivity index (χ0) is 14.4. The summed E-state index contributed by atoms with van der Waals surface area (Å²) in [6.45, 7) is 3.38. The fourth-order valence-corrected chi connectivity index (χ4v) is 2.20. The van der Waals surface area contributed by atoms with Crippen LogP contribution >= 0.6 is 0 Å². The van der Waals surface area contributed by atoms with Crippen LogP contribution < -0.4 is 10.1 Å². The monoisotopic (exact) mass is 281 g/mol. The fourth-order valence-electron chi connectivity index (χ4n) is 2.20. The van der Waals surface area contributed by atoms with Crippen LogP contribution in [0.1, 0.15) is 25.3 Å². The Labute approximate surface area is 118 Å². The first-order valence-corrected chi connectivity index (χ1v) is 7.01. The van der Waals surface area contributed by atoms with Crippen molar-refractivity contribution in [2.24, 2.45) is 0 Å². The number of rotatable bonds is 6. The summed E-state index contributed by atoms with van der Waals surface area (Å²) in [5, 5.41) is 2.81. The molecule has 1 fully saturated rings. The Kier molecular flexibility index (Phi) is 5.35. The predicted octanol–water partition coefficient (Wildman–Crippen LogP) is 2.06. The van der Waals surface area contributed by atoms with Crippen molar-refractivity contribution in [2.75, 3.05) is 19.8 Å². The molecule has 0 aromatic heterocycles. The van der Waals surface area contributed by atoms with Gasteiger partial charge in [0.25, 0.3) is 0 Å². The summed E-state index contributed by atoms with van der Waals surface area (Å²) >= 11 is 0. The van der Waals surface area contributed by atoms with Gasteiger partial charge >= 0.3 is 0 Å². The van der Waals surface area contributed by atoms with Crippen LogP contribution in [-0.4, -0.2) is 31.8 Å². The minimum Gasteiger partial charge on any atom is -0.491 e. The van der Waals surface area contributed by atoms with Crippen LogP contribution in [0.15, 0.2) is 18.2 Å². The van der Waals surface area contributed by atoms with Crippen molar-refractivity contribution in [3.63, 3.8) is 0 Å². The Morgan fingerprint density at radius 1 is 1.55 bits per heavy atom. The Hall–Kier alpha value is -1.62. The summed E-state index contributed by atoms with van der Waals surface area (Å²) in [5.74, 6) is -0.177. The van der Waals surface area contributed by atoms with Crippen LogP contribution in [0.3, 0.4) is 0 Å². The third-order valence-electron chi connectivity index (χ3n) is 3.23. The molecule has 5 heteroatoms. The van der Waals surface area contributed by atoms with Gasteiger partial charge in [-0.2, -0.15) is 0 Å². The molecule has 1 aromatic rings. The van der Waals surface area contributed by atoms with Crippen LogP contribution in [0, 0.1) is 5.82 Å². The van der Waals surface area contributed by atoms with E-state index in [9.17, 15) is 9.18 Å². The lowest BCUT2D eigenvalue weighted by Crippen LogP contribution is -2.35. The van der Waals surface area contributed by atoms with Gasteiger partial charge in [-0.05, 0) is 43.9 Å². The molecule has 20 heavy (non-hydrogen) atoms. The second-order valence-corrected chi connectivity index (χ2v) is 4.74. The Morgan fingerprint density at radius 3 is 3.05 bits per heavy atom. The van der Waals surface area contributed by atoms with E-state index in [0.29, 0.717) is 26.2 Å². The van der Waals surface area contributed by atoms with E-state index < -0.39 is 0 Å². The fraction of sp³-hybridized carbons (Fsp3) is 0.533. The zero-order valence-corrected chi connectivity index (χ0v) is 11.7. The Balaban J connectivity index is 1.79. The van der Waals surface area contributed by atoms with Gasteiger partial charge in [-0.3, -0.25) is 4.79 Å². The minimum atomic E-state index is -0.366. The standard InChI is InChI=1S/C15H20FNO3/c1-2-19-13-6-5-11(10-12(13)16)7-8-17-15(18)14-4-3-9-20-14/h5-6,10,14H,2-4,7-9H2,1H3,(H,17,18). The van der Waals surface area contributed by atoms with Crippen molar-refractivity contribution >= 4 is 5.91 Å². The minimum absolute atomic E-state index is 0.0751. The third kappa shape index (κ3) is 3.93. The largest absolute Gasteiger partial charge is 0.491 e. The molecule has 4 nitrogen and oxygen atoms in total. The van der Waals surface area contributed by atoms with Gasteiger partial charge in [0.2, 0.25) is 5.91 Å². The maximum atomic E-state index is 13.6. The highest BCUT2D eigenvalue weighted by Gasteiger charge is 2.22. The van der Waals surface area contributed by atoms with E-state index in [1.165, 1.54) is 6.07 Å². The normalized spacial score (nSPS) is 18.0. The molecule has 1 N–H and O–H groups in total. The van der Waals surface area contributed by atoms with Gasteiger partial charge in [-0.15, -0.1) is 0 Å². The van der Waals surface area contributed by atoms with Crippen molar-refractivity contribution < 1.29 is 18.7 Å². The molecule has 1 saturated heterocycles. The second-order valence-electron chi connectivity index (χ2n) is 4.74. The van der Waals surface area contributed by atoms with Crippen molar-refractivity contribution in [1.29, 1.82) is 0 Å². The number of amides is 1. The molecule has 1 aliphatic heterocycles. The summed E-state index contributed by atoms with van der Waals surface area (Å²) in [6.07, 6.45) is 1.99. The number of carbonyl (C=O) groups is 1. The van der Waals surface area contributed by atoms with Gasteiger partial charge in [-0.25, -0.2) is 4.39 Å². The lowest BCUT2D eigenvalue weighted by atomic mass is 10.1. The molecule has 1 amide bonds. The maximum Gasteiger partial charge on any atom is 0.249 e. The smallest absolute Gasteiger partial charge is 0.249 e. The molecule has 1 unspecified atom stereocenters. The molecule has 1 aliphatic rings. The molecule has 1 heterocycles. The molecule has 110 valence electrons. The molecule has 0 bridgehead atoms. The molecule has 1 aromatic carbocycles. The van der Waals surface area contributed by atoms with Crippen LogP contribution in [0.4, 0.5) is 4.39 Å². The van der Waals surface area contributed by atoms with Crippen LogP contribution in [0.25, 0.3) is 0 Å². The summed E-state index contributed by atoms with van der Waals surface area (Å²) in [5.41, 5.74) is 0.832.